The maximum Gasteiger partial charge on any atom is 0.160 e. The molecular weight excluding hydrogens is 637 g/mol. The molecule has 0 aliphatic rings. The van der Waals surface area contributed by atoms with Crippen LogP contribution in [0.25, 0.3) is 0 Å². The Kier molecular flexibility index (Phi) is 29.2. The van der Waals surface area contributed by atoms with Gasteiger partial charge in [-0.3, -0.25) is 0 Å². The van der Waals surface area contributed by atoms with Gasteiger partial charge in [-0.15, -0.1) is 0 Å². The van der Waals surface area contributed by atoms with Gasteiger partial charge >= 0.3 is 0 Å². The van der Waals surface area contributed by atoms with Gasteiger partial charge in [0, 0.05) is 11.1 Å². The molecule has 0 spiro atoms. The molecule has 5 nitrogen and oxygen atoms in total. The first kappa shape index (κ1) is 45.3. The molecule has 4 unspecified atom stereocenters. The van der Waals surface area contributed by atoms with E-state index in [1.807, 2.05) is 12.1 Å². The highest BCUT2D eigenvalue weighted by Crippen LogP contribution is 2.41. The molecule has 7 heteroatoms. The number of benzene rings is 1. The number of unbranched alkanes of at least 4 members (excludes halogenated alkanes) is 24. The van der Waals surface area contributed by atoms with Crippen molar-refractivity contribution in [3.63, 3.8) is 0 Å². The molecule has 0 aliphatic carbocycles. The van der Waals surface area contributed by atoms with Crippen LogP contribution in [0.2, 0.25) is 0 Å². The topological polar surface area (TPSA) is 94.8 Å². The highest BCUT2D eigenvalue weighted by atomic mass is 32.2. The largest absolute Gasteiger partial charge is 0.507 e. The molecule has 1 aromatic rings. The monoisotopic (exact) mass is 713 g/mol. The minimum atomic E-state index is -2.14. The van der Waals surface area contributed by atoms with Crippen LogP contribution in [-0.2, 0) is 28.6 Å². The smallest absolute Gasteiger partial charge is 0.160 e. The quantitative estimate of drug-likeness (QED) is 0.0488. The molecule has 0 saturated carbocycles. The van der Waals surface area contributed by atoms with Gasteiger partial charge in [-0.25, -0.2) is 8.42 Å². The van der Waals surface area contributed by atoms with E-state index in [1.165, 1.54) is 122 Å². The first-order valence-corrected chi connectivity index (χ1v) is 22.8. The molecule has 0 aromatic heterocycles. The second-order valence-corrected chi connectivity index (χ2v) is 16.7. The van der Waals surface area contributed by atoms with Crippen molar-refractivity contribution in [1.29, 1.82) is 0 Å². The van der Waals surface area contributed by atoms with Gasteiger partial charge in [-0.2, -0.15) is 0 Å². The second kappa shape index (κ2) is 31.0. The molecule has 4 atom stereocenters. The molecule has 0 amide bonds. The van der Waals surface area contributed by atoms with E-state index in [1.54, 1.807) is 0 Å². The van der Waals surface area contributed by atoms with Crippen molar-refractivity contribution in [3.8, 4) is 5.75 Å². The van der Waals surface area contributed by atoms with Crippen molar-refractivity contribution >= 4 is 22.2 Å². The predicted octanol–water partition coefficient (Wildman–Crippen LogP) is 13.8. The summed E-state index contributed by atoms with van der Waals surface area (Å²) in [6.07, 6.45) is 34.1. The van der Waals surface area contributed by atoms with Crippen LogP contribution in [0.15, 0.2) is 12.1 Å². The van der Waals surface area contributed by atoms with Crippen LogP contribution in [0.5, 0.6) is 5.75 Å². The van der Waals surface area contributed by atoms with Gasteiger partial charge < -0.3 is 14.2 Å². The molecule has 0 fully saturated rings. The Labute approximate surface area is 302 Å². The molecule has 0 bridgehead atoms. The number of phenolic OH excluding ortho intramolecular Hbond substituents is 1. The van der Waals surface area contributed by atoms with Gasteiger partial charge in [-0.1, -0.05) is 200 Å². The van der Waals surface area contributed by atoms with E-state index in [0.717, 1.165) is 63.4 Å². The Morgan fingerprint density at radius 1 is 0.458 bits per heavy atom. The van der Waals surface area contributed by atoms with Gasteiger partial charge in [0.25, 0.3) is 0 Å². The second-order valence-electron chi connectivity index (χ2n) is 14.5. The molecule has 1 aromatic carbocycles. The third-order valence-electron chi connectivity index (χ3n) is 10.1. The average molecular weight is 713 g/mol. The van der Waals surface area contributed by atoms with E-state index in [2.05, 4.69) is 20.8 Å². The zero-order valence-corrected chi connectivity index (χ0v) is 33.1. The van der Waals surface area contributed by atoms with Gasteiger partial charge in [-0.05, 0) is 31.2 Å². The van der Waals surface area contributed by atoms with Crippen molar-refractivity contribution in [2.45, 2.75) is 224 Å². The summed E-state index contributed by atoms with van der Waals surface area (Å²) in [7, 11) is 0. The van der Waals surface area contributed by atoms with Gasteiger partial charge in [0.1, 0.15) is 5.75 Å². The van der Waals surface area contributed by atoms with E-state index in [-0.39, 0.29) is 5.75 Å². The zero-order valence-electron chi connectivity index (χ0n) is 31.5. The van der Waals surface area contributed by atoms with E-state index in [4.69, 9.17) is 0 Å². The molecular formula is C41H76O5S2. The number of hydrogen-bond donors (Lipinski definition) is 3. The number of rotatable bonds is 34. The summed E-state index contributed by atoms with van der Waals surface area (Å²) in [6.45, 7) is 6.71. The van der Waals surface area contributed by atoms with Gasteiger partial charge in [0.05, 0.1) is 10.5 Å². The van der Waals surface area contributed by atoms with Crippen molar-refractivity contribution in [2.75, 3.05) is 0 Å². The first-order chi connectivity index (χ1) is 23.4. The van der Waals surface area contributed by atoms with Crippen molar-refractivity contribution < 1.29 is 22.6 Å². The molecule has 1 rings (SSSR count). The number of aromatic hydroxyl groups is 1. The van der Waals surface area contributed by atoms with Crippen LogP contribution < -0.4 is 0 Å². The summed E-state index contributed by atoms with van der Waals surface area (Å²) in [5, 5.41) is 10.2. The fourth-order valence-electron chi connectivity index (χ4n) is 7.03. The lowest BCUT2D eigenvalue weighted by atomic mass is 9.93. The zero-order chi connectivity index (χ0) is 35.2. The van der Waals surface area contributed by atoms with Crippen LogP contribution in [0.3, 0.4) is 0 Å². The van der Waals surface area contributed by atoms with Gasteiger partial charge in [0.2, 0.25) is 0 Å². The van der Waals surface area contributed by atoms with E-state index in [9.17, 15) is 22.6 Å². The maximum atomic E-state index is 12.7. The summed E-state index contributed by atoms with van der Waals surface area (Å²) in [6, 6.07) is 3.84. The molecule has 0 heterocycles. The summed E-state index contributed by atoms with van der Waals surface area (Å²) in [4.78, 5) is 0. The lowest BCUT2D eigenvalue weighted by molar-refractivity contribution is 0.446. The normalized spacial score (nSPS) is 14.3. The number of phenols is 1. The highest BCUT2D eigenvalue weighted by molar-refractivity contribution is 7.79. The maximum absolute atomic E-state index is 12.7. The predicted molar refractivity (Wildman–Crippen MR) is 210 cm³/mol. The summed E-state index contributed by atoms with van der Waals surface area (Å²) >= 11 is -4.29. The number of hydrogen-bond acceptors (Lipinski definition) is 3. The SMILES string of the molecule is CCCCCCCCCCCCC(c1cc(CCCCCCCCC)cc(C(CCCCCCCCCCCC)S(=O)O)c1O)S(=O)O. The molecule has 0 saturated heterocycles. The minimum Gasteiger partial charge on any atom is -0.507 e. The standard InChI is InChI=1S/C41H76O5S2/c1-4-7-10-13-16-18-20-23-26-29-32-39(47(43)44)37-34-36(31-28-25-22-15-12-9-6-3)35-38(41(37)42)40(48(45)46)33-30-27-24-21-19-17-14-11-8-5-2/h34-35,39-40,42H,4-33H2,1-3H3,(H,43,44)(H,45,46). The molecule has 0 aliphatic heterocycles. The van der Waals surface area contributed by atoms with Crippen molar-refractivity contribution in [3.05, 3.63) is 28.8 Å². The van der Waals surface area contributed by atoms with Crippen molar-refractivity contribution in [2.24, 2.45) is 0 Å². The molecule has 3 N–H and O–H groups in total. The Morgan fingerprint density at radius 2 is 0.729 bits per heavy atom. The van der Waals surface area contributed by atoms with E-state index in [0.29, 0.717) is 24.0 Å². The Morgan fingerprint density at radius 3 is 1.02 bits per heavy atom. The van der Waals surface area contributed by atoms with Crippen LogP contribution in [-0.4, -0.2) is 22.6 Å². The first-order valence-electron chi connectivity index (χ1n) is 20.4. The Balaban J connectivity index is 2.93. The summed E-state index contributed by atoms with van der Waals surface area (Å²) in [5.74, 6) is -0.0442. The summed E-state index contributed by atoms with van der Waals surface area (Å²) in [5.41, 5.74) is 1.98. The Bertz CT molecular complexity index is 890. The van der Waals surface area contributed by atoms with Crippen molar-refractivity contribution in [1.82, 2.24) is 0 Å². The van der Waals surface area contributed by atoms with E-state index < -0.39 is 32.7 Å². The Hall–Kier alpha value is -0.760. The van der Waals surface area contributed by atoms with Crippen LogP contribution in [0.1, 0.15) is 234 Å². The van der Waals surface area contributed by atoms with Gasteiger partial charge in [0.15, 0.2) is 22.2 Å². The third-order valence-corrected chi connectivity index (χ3v) is 12.1. The van der Waals surface area contributed by atoms with Crippen LogP contribution in [0.4, 0.5) is 0 Å². The fourth-order valence-corrected chi connectivity index (χ4v) is 8.56. The highest BCUT2D eigenvalue weighted by Gasteiger charge is 2.28. The fraction of sp³-hybridized carbons (Fsp3) is 0.854. The number of aryl methyl sites for hydroxylation is 1. The summed E-state index contributed by atoms with van der Waals surface area (Å²) < 4.78 is 46.3. The van der Waals surface area contributed by atoms with E-state index >= 15 is 0 Å². The van der Waals surface area contributed by atoms with Crippen LogP contribution in [0, 0.1) is 0 Å². The van der Waals surface area contributed by atoms with Crippen LogP contribution >= 0.6 is 0 Å². The molecule has 282 valence electrons. The average Bonchev–Trinajstić information content (AvgIpc) is 3.06. The third kappa shape index (κ3) is 21.5. The minimum absolute atomic E-state index is 0.0442. The molecule has 0 radical (unpaired) electrons. The molecule has 48 heavy (non-hydrogen) atoms. The lowest BCUT2D eigenvalue weighted by Gasteiger charge is -2.22. The lowest BCUT2D eigenvalue weighted by Crippen LogP contribution is -2.12.